The quantitative estimate of drug-likeness (QED) is 0.338. The van der Waals surface area contributed by atoms with Crippen LogP contribution in [0.3, 0.4) is 0 Å². The van der Waals surface area contributed by atoms with E-state index in [1.54, 1.807) is 12.3 Å². The lowest BCUT2D eigenvalue weighted by Crippen LogP contribution is -2.43. The normalized spacial score (nSPS) is 32.1. The Hall–Kier alpha value is -2.71. The van der Waals surface area contributed by atoms with E-state index in [2.05, 4.69) is 28.6 Å². The molecule has 2 bridgehead atoms. The SMILES string of the molecule is C[C@H]1CN2CCC[C@@]2(COc2nc(N3CC4CCC(C4)C3)c3cnc(-c4cc(O)cc(Cl)c4[C@H]4C[C@@H]4C)c(F)c3n2)C1. The fourth-order valence-corrected chi connectivity index (χ4v) is 9.17. The van der Waals surface area contributed by atoms with Gasteiger partial charge < -0.3 is 14.7 Å². The molecule has 9 heteroatoms. The number of rotatable bonds is 6. The average Bonchev–Trinajstić information content (AvgIpc) is 3.22. The van der Waals surface area contributed by atoms with Gasteiger partial charge in [0.2, 0.25) is 0 Å². The first-order valence-corrected chi connectivity index (χ1v) is 16.2. The summed E-state index contributed by atoms with van der Waals surface area (Å²) in [6, 6.07) is 3.36. The summed E-state index contributed by atoms with van der Waals surface area (Å²) in [7, 11) is 0. The Morgan fingerprint density at radius 2 is 1.90 bits per heavy atom. The number of benzene rings is 1. The summed E-state index contributed by atoms with van der Waals surface area (Å²) in [4.78, 5) is 19.2. The van der Waals surface area contributed by atoms with E-state index in [9.17, 15) is 5.11 Å². The highest BCUT2D eigenvalue weighted by Gasteiger charge is 2.48. The first-order chi connectivity index (χ1) is 20.3. The van der Waals surface area contributed by atoms with Crippen molar-refractivity contribution in [3.8, 4) is 23.0 Å². The average molecular weight is 592 g/mol. The van der Waals surface area contributed by atoms with E-state index < -0.39 is 5.82 Å². The second-order valence-corrected chi connectivity index (χ2v) is 14.5. The van der Waals surface area contributed by atoms with Gasteiger partial charge in [-0.15, -0.1) is 0 Å². The Labute approximate surface area is 251 Å². The molecule has 7 nitrogen and oxygen atoms in total. The van der Waals surface area contributed by atoms with Crippen LogP contribution in [-0.2, 0) is 0 Å². The number of ether oxygens (including phenoxy) is 1. The van der Waals surface area contributed by atoms with Crippen molar-refractivity contribution >= 4 is 28.3 Å². The van der Waals surface area contributed by atoms with Crippen LogP contribution >= 0.6 is 11.6 Å². The number of pyridine rings is 1. The van der Waals surface area contributed by atoms with Crippen LogP contribution in [0.4, 0.5) is 10.2 Å². The molecule has 6 atom stereocenters. The number of halogens is 2. The molecule has 3 saturated heterocycles. The first-order valence-electron chi connectivity index (χ1n) is 15.8. The van der Waals surface area contributed by atoms with Crippen molar-refractivity contribution in [3.05, 3.63) is 34.7 Å². The van der Waals surface area contributed by atoms with Crippen molar-refractivity contribution < 1.29 is 14.2 Å². The van der Waals surface area contributed by atoms with Crippen molar-refractivity contribution in [2.45, 2.75) is 70.3 Å². The fraction of sp³-hybridized carbons (Fsp3) is 0.606. The van der Waals surface area contributed by atoms with Gasteiger partial charge in [-0.25, -0.2) is 4.39 Å². The predicted octanol–water partition coefficient (Wildman–Crippen LogP) is 6.80. The molecule has 2 aliphatic carbocycles. The maximum atomic E-state index is 16.7. The molecule has 222 valence electrons. The Morgan fingerprint density at radius 1 is 1.12 bits per heavy atom. The number of nitrogens with zero attached hydrogens (tertiary/aromatic N) is 5. The molecular formula is C33H39ClFN5O2. The Balaban J connectivity index is 1.23. The summed E-state index contributed by atoms with van der Waals surface area (Å²) in [5.41, 5.74) is 1.77. The van der Waals surface area contributed by atoms with Gasteiger partial charge in [-0.1, -0.05) is 25.4 Å². The maximum absolute atomic E-state index is 16.7. The van der Waals surface area contributed by atoms with Crippen LogP contribution in [0.1, 0.15) is 70.3 Å². The molecule has 1 aromatic carbocycles. The standard InChI is InChI=1S/C33H39ClFN5O2/c1-18-12-33(6-3-7-40(33)14-18)17-42-32-37-30-25(31(38-32)39-15-20-4-5-21(9-20)16-39)13-36-29(28(30)35)24-10-22(41)11-26(34)27(24)23-8-19(23)2/h10-11,13,18-21,23,41H,3-9,12,14-17H2,1-2H3/t18-,19+,20?,21?,23+,33+/m1/s1. The molecule has 0 radical (unpaired) electrons. The number of phenolic OH excluding ortho intramolecular Hbond substituents is 1. The van der Waals surface area contributed by atoms with Gasteiger partial charge in [-0.2, -0.15) is 9.97 Å². The van der Waals surface area contributed by atoms with Crippen LogP contribution in [-0.4, -0.2) is 63.3 Å². The number of phenols is 1. The van der Waals surface area contributed by atoms with Crippen molar-refractivity contribution in [2.24, 2.45) is 23.7 Å². The molecule has 1 N–H and O–H groups in total. The highest BCUT2D eigenvalue weighted by Crippen LogP contribution is 2.53. The summed E-state index contributed by atoms with van der Waals surface area (Å²) in [6.07, 6.45) is 9.81. The van der Waals surface area contributed by atoms with Gasteiger partial charge in [0.1, 0.15) is 29.4 Å². The predicted molar refractivity (Wildman–Crippen MR) is 162 cm³/mol. The van der Waals surface area contributed by atoms with Gasteiger partial charge in [0, 0.05) is 36.4 Å². The monoisotopic (exact) mass is 591 g/mol. The van der Waals surface area contributed by atoms with Gasteiger partial charge in [0.05, 0.1) is 10.9 Å². The lowest BCUT2D eigenvalue weighted by atomic mass is 9.92. The van der Waals surface area contributed by atoms with Gasteiger partial charge in [-0.05, 0) is 98.8 Å². The summed E-state index contributed by atoms with van der Waals surface area (Å²) in [6.45, 7) is 9.00. The third kappa shape index (κ3) is 4.43. The fourth-order valence-electron chi connectivity index (χ4n) is 8.82. The van der Waals surface area contributed by atoms with Gasteiger partial charge in [0.15, 0.2) is 5.82 Å². The molecule has 5 fully saturated rings. The zero-order valence-electron chi connectivity index (χ0n) is 24.5. The third-order valence-corrected chi connectivity index (χ3v) is 11.2. The number of piperidine rings is 1. The molecule has 3 aromatic rings. The number of aromatic nitrogens is 3. The molecule has 2 aromatic heterocycles. The molecule has 2 saturated carbocycles. The molecule has 0 spiro atoms. The first kappa shape index (κ1) is 26.9. The Kier molecular flexibility index (Phi) is 6.34. The Bertz CT molecular complexity index is 1560. The summed E-state index contributed by atoms with van der Waals surface area (Å²) >= 11 is 6.63. The lowest BCUT2D eigenvalue weighted by molar-refractivity contribution is 0.107. The second-order valence-electron chi connectivity index (χ2n) is 14.0. The molecule has 5 heterocycles. The van der Waals surface area contributed by atoms with Crippen molar-refractivity contribution in [2.75, 3.05) is 37.7 Å². The lowest BCUT2D eigenvalue weighted by Gasteiger charge is -2.34. The number of hydrogen-bond donors (Lipinski definition) is 1. The summed E-state index contributed by atoms with van der Waals surface area (Å²) in [5, 5.41) is 11.5. The van der Waals surface area contributed by atoms with Gasteiger partial charge in [0.25, 0.3) is 0 Å². The smallest absolute Gasteiger partial charge is 0.319 e. The van der Waals surface area contributed by atoms with E-state index in [4.69, 9.17) is 26.3 Å². The summed E-state index contributed by atoms with van der Waals surface area (Å²) in [5.74, 6) is 2.77. The van der Waals surface area contributed by atoms with Crippen LogP contribution in [0.15, 0.2) is 18.3 Å². The molecule has 8 rings (SSSR count). The molecule has 5 aliphatic rings. The highest BCUT2D eigenvalue weighted by molar-refractivity contribution is 6.32. The molecule has 0 amide bonds. The number of fused-ring (bicyclic) bond motifs is 4. The van der Waals surface area contributed by atoms with Crippen LogP contribution in [0.5, 0.6) is 11.8 Å². The number of hydrogen-bond acceptors (Lipinski definition) is 7. The van der Waals surface area contributed by atoms with Crippen molar-refractivity contribution in [1.29, 1.82) is 0 Å². The second kappa shape index (κ2) is 9.91. The molecular weight excluding hydrogens is 553 g/mol. The van der Waals surface area contributed by atoms with Crippen LogP contribution in [0, 0.1) is 29.5 Å². The van der Waals surface area contributed by atoms with E-state index in [1.165, 1.54) is 31.7 Å². The minimum absolute atomic E-state index is 0.00398. The third-order valence-electron chi connectivity index (χ3n) is 10.9. The molecule has 3 aliphatic heterocycles. The number of aromatic hydroxyl groups is 1. The minimum atomic E-state index is -0.521. The van der Waals surface area contributed by atoms with E-state index in [0.29, 0.717) is 46.3 Å². The van der Waals surface area contributed by atoms with Crippen molar-refractivity contribution in [1.82, 2.24) is 19.9 Å². The van der Waals surface area contributed by atoms with Gasteiger partial charge >= 0.3 is 6.01 Å². The van der Waals surface area contributed by atoms with E-state index >= 15 is 4.39 Å². The van der Waals surface area contributed by atoms with Crippen LogP contribution in [0.2, 0.25) is 5.02 Å². The minimum Gasteiger partial charge on any atom is -0.508 e. The zero-order valence-corrected chi connectivity index (χ0v) is 25.2. The molecule has 2 unspecified atom stereocenters. The van der Waals surface area contributed by atoms with E-state index in [-0.39, 0.29) is 34.4 Å². The molecule has 42 heavy (non-hydrogen) atoms. The topological polar surface area (TPSA) is 74.6 Å². The Morgan fingerprint density at radius 3 is 2.67 bits per heavy atom. The van der Waals surface area contributed by atoms with E-state index in [1.807, 2.05) is 0 Å². The largest absolute Gasteiger partial charge is 0.508 e. The maximum Gasteiger partial charge on any atom is 0.319 e. The van der Waals surface area contributed by atoms with Gasteiger partial charge in [-0.3, -0.25) is 9.88 Å². The van der Waals surface area contributed by atoms with Crippen LogP contribution in [0.25, 0.3) is 22.2 Å². The van der Waals surface area contributed by atoms with Crippen LogP contribution < -0.4 is 9.64 Å². The highest BCUT2D eigenvalue weighted by atomic mass is 35.5. The van der Waals surface area contributed by atoms with E-state index in [0.717, 1.165) is 56.8 Å². The van der Waals surface area contributed by atoms with Crippen molar-refractivity contribution in [3.63, 3.8) is 0 Å². The summed E-state index contributed by atoms with van der Waals surface area (Å²) < 4.78 is 23.2. The number of anilines is 1. The zero-order chi connectivity index (χ0) is 28.7.